The van der Waals surface area contributed by atoms with Crippen molar-refractivity contribution in [3.05, 3.63) is 53.6 Å². The first kappa shape index (κ1) is 14.2. The van der Waals surface area contributed by atoms with Crippen LogP contribution < -0.4 is 9.47 Å². The van der Waals surface area contributed by atoms with E-state index in [1.54, 1.807) is 63.6 Å². The zero-order valence-electron chi connectivity index (χ0n) is 11.8. The van der Waals surface area contributed by atoms with Crippen molar-refractivity contribution in [2.24, 2.45) is 0 Å². The Kier molecular flexibility index (Phi) is 3.86. The van der Waals surface area contributed by atoms with Crippen LogP contribution in [0.2, 0.25) is 0 Å². The fraction of sp³-hybridized carbons (Fsp3) is 0.250. The number of phenols is 1. The number of aliphatic hydroxyl groups is 1. The molecular weight excluding hydrogens is 256 g/mol. The number of phenolic OH excluding ortho intramolecular Hbond substituents is 1. The van der Waals surface area contributed by atoms with Crippen molar-refractivity contribution in [3.63, 3.8) is 0 Å². The van der Waals surface area contributed by atoms with Gasteiger partial charge in [-0.15, -0.1) is 0 Å². The first-order valence-electron chi connectivity index (χ1n) is 6.23. The summed E-state index contributed by atoms with van der Waals surface area (Å²) in [6.45, 7) is 1.70. The van der Waals surface area contributed by atoms with E-state index in [2.05, 4.69) is 0 Å². The molecule has 106 valence electrons. The van der Waals surface area contributed by atoms with E-state index in [1.807, 2.05) is 0 Å². The predicted molar refractivity (Wildman–Crippen MR) is 76.3 cm³/mol. The minimum Gasteiger partial charge on any atom is -0.508 e. The molecule has 0 heterocycles. The summed E-state index contributed by atoms with van der Waals surface area (Å²) in [4.78, 5) is 0. The SMILES string of the molecule is COc1ccc(C(C)(O)c2ccc(O)cc2)cc1OC. The van der Waals surface area contributed by atoms with Gasteiger partial charge in [-0.2, -0.15) is 0 Å². The van der Waals surface area contributed by atoms with Crippen LogP contribution in [0.4, 0.5) is 0 Å². The molecule has 0 aliphatic carbocycles. The molecule has 0 radical (unpaired) electrons. The van der Waals surface area contributed by atoms with Gasteiger partial charge in [0, 0.05) is 0 Å². The van der Waals surface area contributed by atoms with Crippen LogP contribution in [0.3, 0.4) is 0 Å². The Morgan fingerprint density at radius 3 is 1.95 bits per heavy atom. The maximum Gasteiger partial charge on any atom is 0.161 e. The molecule has 1 atom stereocenters. The van der Waals surface area contributed by atoms with E-state index < -0.39 is 5.60 Å². The number of aromatic hydroxyl groups is 1. The van der Waals surface area contributed by atoms with Gasteiger partial charge in [0.25, 0.3) is 0 Å². The molecule has 0 saturated heterocycles. The third-order valence-corrected chi connectivity index (χ3v) is 3.38. The third-order valence-electron chi connectivity index (χ3n) is 3.38. The Balaban J connectivity index is 2.45. The molecule has 0 fully saturated rings. The monoisotopic (exact) mass is 274 g/mol. The second-order valence-corrected chi connectivity index (χ2v) is 4.69. The lowest BCUT2D eigenvalue weighted by Gasteiger charge is -2.25. The van der Waals surface area contributed by atoms with Gasteiger partial charge in [-0.1, -0.05) is 18.2 Å². The van der Waals surface area contributed by atoms with Crippen LogP contribution in [-0.4, -0.2) is 24.4 Å². The fourth-order valence-corrected chi connectivity index (χ4v) is 2.09. The van der Waals surface area contributed by atoms with E-state index in [0.29, 0.717) is 22.6 Å². The zero-order chi connectivity index (χ0) is 14.8. The van der Waals surface area contributed by atoms with Gasteiger partial charge in [-0.3, -0.25) is 0 Å². The number of benzene rings is 2. The first-order valence-corrected chi connectivity index (χ1v) is 6.23. The van der Waals surface area contributed by atoms with E-state index in [4.69, 9.17) is 9.47 Å². The molecule has 2 aromatic rings. The molecule has 4 nitrogen and oxygen atoms in total. The molecule has 2 N–H and O–H groups in total. The van der Waals surface area contributed by atoms with Gasteiger partial charge in [0.1, 0.15) is 11.4 Å². The Morgan fingerprint density at radius 2 is 1.40 bits per heavy atom. The van der Waals surface area contributed by atoms with Crippen LogP contribution in [0, 0.1) is 0 Å². The van der Waals surface area contributed by atoms with Gasteiger partial charge < -0.3 is 19.7 Å². The number of ether oxygens (including phenoxy) is 2. The Labute approximate surface area is 118 Å². The highest BCUT2D eigenvalue weighted by atomic mass is 16.5. The van der Waals surface area contributed by atoms with Crippen molar-refractivity contribution in [2.75, 3.05) is 14.2 Å². The molecular formula is C16H18O4. The van der Waals surface area contributed by atoms with Crippen molar-refractivity contribution in [2.45, 2.75) is 12.5 Å². The Hall–Kier alpha value is -2.20. The van der Waals surface area contributed by atoms with Gasteiger partial charge in [0.15, 0.2) is 11.5 Å². The molecule has 0 spiro atoms. The molecule has 2 aromatic carbocycles. The van der Waals surface area contributed by atoms with Crippen LogP contribution in [0.1, 0.15) is 18.1 Å². The third kappa shape index (κ3) is 2.56. The van der Waals surface area contributed by atoms with Crippen LogP contribution >= 0.6 is 0 Å². The summed E-state index contributed by atoms with van der Waals surface area (Å²) >= 11 is 0. The summed E-state index contributed by atoms with van der Waals surface area (Å²) in [6.07, 6.45) is 0. The fourth-order valence-electron chi connectivity index (χ4n) is 2.09. The molecule has 2 rings (SSSR count). The summed E-state index contributed by atoms with van der Waals surface area (Å²) in [5.41, 5.74) is 0.177. The zero-order valence-corrected chi connectivity index (χ0v) is 11.8. The minimum atomic E-state index is -1.19. The van der Waals surface area contributed by atoms with Gasteiger partial charge in [-0.05, 0) is 42.3 Å². The van der Waals surface area contributed by atoms with Crippen LogP contribution in [-0.2, 0) is 5.60 Å². The van der Waals surface area contributed by atoms with Gasteiger partial charge >= 0.3 is 0 Å². The van der Waals surface area contributed by atoms with Crippen molar-refractivity contribution in [3.8, 4) is 17.2 Å². The molecule has 4 heteroatoms. The summed E-state index contributed by atoms with van der Waals surface area (Å²) in [7, 11) is 3.12. The number of rotatable bonds is 4. The molecule has 20 heavy (non-hydrogen) atoms. The van der Waals surface area contributed by atoms with E-state index in [9.17, 15) is 10.2 Å². The lowest BCUT2D eigenvalue weighted by molar-refractivity contribution is 0.102. The van der Waals surface area contributed by atoms with Crippen molar-refractivity contribution < 1.29 is 19.7 Å². The van der Waals surface area contributed by atoms with Crippen LogP contribution in [0.15, 0.2) is 42.5 Å². The first-order chi connectivity index (χ1) is 9.48. The molecule has 0 saturated carbocycles. The highest BCUT2D eigenvalue weighted by molar-refractivity contribution is 5.47. The number of hydrogen-bond acceptors (Lipinski definition) is 4. The van der Waals surface area contributed by atoms with Crippen LogP contribution in [0.5, 0.6) is 17.2 Å². The highest BCUT2D eigenvalue weighted by Gasteiger charge is 2.26. The topological polar surface area (TPSA) is 58.9 Å². The number of hydrogen-bond donors (Lipinski definition) is 2. The molecule has 0 bridgehead atoms. The van der Waals surface area contributed by atoms with Gasteiger partial charge in [-0.25, -0.2) is 0 Å². The molecule has 0 aliphatic rings. The Morgan fingerprint density at radius 1 is 0.850 bits per heavy atom. The number of methoxy groups -OCH3 is 2. The molecule has 0 amide bonds. The molecule has 1 unspecified atom stereocenters. The van der Waals surface area contributed by atoms with E-state index >= 15 is 0 Å². The maximum absolute atomic E-state index is 10.8. The summed E-state index contributed by atoms with van der Waals surface area (Å²) in [5.74, 6) is 1.33. The summed E-state index contributed by atoms with van der Waals surface area (Å²) in [6, 6.07) is 11.7. The van der Waals surface area contributed by atoms with Crippen molar-refractivity contribution in [1.29, 1.82) is 0 Å². The van der Waals surface area contributed by atoms with E-state index in [1.165, 1.54) is 0 Å². The molecule has 0 aromatic heterocycles. The van der Waals surface area contributed by atoms with Crippen molar-refractivity contribution >= 4 is 0 Å². The van der Waals surface area contributed by atoms with Gasteiger partial charge in [0.2, 0.25) is 0 Å². The highest BCUT2D eigenvalue weighted by Crippen LogP contribution is 2.35. The van der Waals surface area contributed by atoms with E-state index in [-0.39, 0.29) is 5.75 Å². The molecule has 0 aliphatic heterocycles. The lowest BCUT2D eigenvalue weighted by atomic mass is 9.88. The summed E-state index contributed by atoms with van der Waals surface area (Å²) in [5, 5.41) is 20.1. The van der Waals surface area contributed by atoms with Crippen LogP contribution in [0.25, 0.3) is 0 Å². The quantitative estimate of drug-likeness (QED) is 0.900. The largest absolute Gasteiger partial charge is 0.508 e. The van der Waals surface area contributed by atoms with Gasteiger partial charge in [0.05, 0.1) is 14.2 Å². The van der Waals surface area contributed by atoms with E-state index in [0.717, 1.165) is 0 Å². The minimum absolute atomic E-state index is 0.164. The average molecular weight is 274 g/mol. The lowest BCUT2D eigenvalue weighted by Crippen LogP contribution is -2.22. The average Bonchev–Trinajstić information content (AvgIpc) is 2.46. The smallest absolute Gasteiger partial charge is 0.161 e. The predicted octanol–water partition coefficient (Wildman–Crippen LogP) is 2.67. The second-order valence-electron chi connectivity index (χ2n) is 4.69. The maximum atomic E-state index is 10.8. The second kappa shape index (κ2) is 5.43. The summed E-state index contributed by atoms with van der Waals surface area (Å²) < 4.78 is 10.4. The Bertz CT molecular complexity index is 588. The standard InChI is InChI=1S/C16H18O4/c1-16(18,11-4-7-13(17)8-5-11)12-6-9-14(19-2)15(10-12)20-3/h4-10,17-18H,1-3H3. The van der Waals surface area contributed by atoms with Crippen molar-refractivity contribution in [1.82, 2.24) is 0 Å². The normalized spacial score (nSPS) is 13.6.